The molecule has 0 spiro atoms. The molecular weight excluding hydrogens is 236 g/mol. The van der Waals surface area contributed by atoms with E-state index in [-0.39, 0.29) is 0 Å². The second kappa shape index (κ2) is 9.70. The highest BCUT2D eigenvalue weighted by Gasteiger charge is 2.16. The molecule has 19 heavy (non-hydrogen) atoms. The van der Waals surface area contributed by atoms with Crippen molar-refractivity contribution in [2.75, 3.05) is 73.6 Å². The Balaban J connectivity index is 2.11. The summed E-state index contributed by atoms with van der Waals surface area (Å²) in [4.78, 5) is 9.93. The minimum atomic E-state index is 1.16. The molecule has 0 radical (unpaired) electrons. The zero-order valence-corrected chi connectivity index (χ0v) is 13.6. The van der Waals surface area contributed by atoms with Gasteiger partial charge in [0, 0.05) is 26.2 Å². The van der Waals surface area contributed by atoms with E-state index in [0.29, 0.717) is 0 Å². The van der Waals surface area contributed by atoms with Gasteiger partial charge >= 0.3 is 0 Å². The van der Waals surface area contributed by atoms with Crippen molar-refractivity contribution in [3.05, 3.63) is 0 Å². The third-order valence-electron chi connectivity index (χ3n) is 3.98. The lowest BCUT2D eigenvalue weighted by Gasteiger charge is -2.36. The van der Waals surface area contributed by atoms with E-state index in [4.69, 9.17) is 0 Å². The van der Waals surface area contributed by atoms with Gasteiger partial charge in [-0.05, 0) is 60.0 Å². The van der Waals surface area contributed by atoms with Gasteiger partial charge in [-0.1, -0.05) is 6.92 Å². The summed E-state index contributed by atoms with van der Waals surface area (Å²) in [6, 6.07) is 0. The molecule has 1 heterocycles. The molecule has 1 aliphatic heterocycles. The Kier molecular flexibility index (Phi) is 8.62. The molecule has 1 rings (SSSR count). The van der Waals surface area contributed by atoms with Gasteiger partial charge in [0.05, 0.1) is 6.67 Å². The van der Waals surface area contributed by atoms with Crippen LogP contribution >= 0.6 is 0 Å². The normalized spacial score (nSPS) is 18.6. The van der Waals surface area contributed by atoms with Gasteiger partial charge < -0.3 is 9.80 Å². The van der Waals surface area contributed by atoms with E-state index in [2.05, 4.69) is 47.7 Å². The predicted molar refractivity (Wildman–Crippen MR) is 83.6 cm³/mol. The Morgan fingerprint density at radius 3 is 2.00 bits per heavy atom. The largest absolute Gasteiger partial charge is 0.309 e. The molecule has 1 saturated heterocycles. The smallest absolute Gasteiger partial charge is 0.0506 e. The van der Waals surface area contributed by atoms with Crippen LogP contribution in [0.3, 0.4) is 0 Å². The van der Waals surface area contributed by atoms with Gasteiger partial charge in [-0.3, -0.25) is 9.80 Å². The van der Waals surface area contributed by atoms with Crippen molar-refractivity contribution in [3.63, 3.8) is 0 Å². The first-order valence-electron chi connectivity index (χ1n) is 7.89. The minimum absolute atomic E-state index is 1.16. The first kappa shape index (κ1) is 16.9. The van der Waals surface area contributed by atoms with Crippen molar-refractivity contribution >= 4 is 0 Å². The molecule has 0 N–H and O–H groups in total. The highest BCUT2D eigenvalue weighted by atomic mass is 15.3. The number of rotatable bonds is 9. The summed E-state index contributed by atoms with van der Waals surface area (Å²) in [6.45, 7) is 12.1. The zero-order valence-electron chi connectivity index (χ0n) is 13.6. The van der Waals surface area contributed by atoms with E-state index in [1.165, 1.54) is 65.2 Å². The van der Waals surface area contributed by atoms with Crippen molar-refractivity contribution < 1.29 is 0 Å². The second-order valence-electron chi connectivity index (χ2n) is 6.14. The highest BCUT2D eigenvalue weighted by molar-refractivity contribution is 4.69. The van der Waals surface area contributed by atoms with E-state index in [9.17, 15) is 0 Å². The van der Waals surface area contributed by atoms with Crippen molar-refractivity contribution in [3.8, 4) is 0 Å². The molecule has 114 valence electrons. The maximum absolute atomic E-state index is 2.63. The standard InChI is InChI=1S/C15H34N4/c1-5-17(4)10-7-12-19-14-8-13-18(15-19)11-6-9-16(2)3/h5-15H2,1-4H3. The van der Waals surface area contributed by atoms with Gasteiger partial charge in [0.2, 0.25) is 0 Å². The summed E-state index contributed by atoms with van der Waals surface area (Å²) in [5.41, 5.74) is 0. The van der Waals surface area contributed by atoms with Gasteiger partial charge in [-0.2, -0.15) is 0 Å². The van der Waals surface area contributed by atoms with Gasteiger partial charge in [0.25, 0.3) is 0 Å². The van der Waals surface area contributed by atoms with Gasteiger partial charge in [0.1, 0.15) is 0 Å². The molecule has 1 fully saturated rings. The van der Waals surface area contributed by atoms with Crippen LogP contribution in [0.5, 0.6) is 0 Å². The molecule has 4 nitrogen and oxygen atoms in total. The lowest BCUT2D eigenvalue weighted by Crippen LogP contribution is -2.46. The lowest BCUT2D eigenvalue weighted by atomic mass is 10.2. The van der Waals surface area contributed by atoms with Crippen LogP contribution in [0, 0.1) is 0 Å². The summed E-state index contributed by atoms with van der Waals surface area (Å²) in [5.74, 6) is 0. The summed E-state index contributed by atoms with van der Waals surface area (Å²) in [6.07, 6.45) is 3.93. The highest BCUT2D eigenvalue weighted by Crippen LogP contribution is 2.07. The Labute approximate surface area is 120 Å². The van der Waals surface area contributed by atoms with Crippen LogP contribution in [0.25, 0.3) is 0 Å². The lowest BCUT2D eigenvalue weighted by molar-refractivity contribution is 0.0804. The first-order chi connectivity index (χ1) is 9.11. The Morgan fingerprint density at radius 2 is 1.47 bits per heavy atom. The van der Waals surface area contributed by atoms with E-state index < -0.39 is 0 Å². The minimum Gasteiger partial charge on any atom is -0.309 e. The van der Waals surface area contributed by atoms with Crippen molar-refractivity contribution in [2.24, 2.45) is 0 Å². The molecule has 0 saturated carbocycles. The fraction of sp³-hybridized carbons (Fsp3) is 1.00. The molecule has 1 aliphatic rings. The molecule has 0 bridgehead atoms. The van der Waals surface area contributed by atoms with Crippen LogP contribution in [0.1, 0.15) is 26.2 Å². The second-order valence-corrected chi connectivity index (χ2v) is 6.14. The average molecular weight is 270 g/mol. The molecule has 4 heteroatoms. The van der Waals surface area contributed by atoms with Gasteiger partial charge in [-0.25, -0.2) is 0 Å². The predicted octanol–water partition coefficient (Wildman–Crippen LogP) is 1.25. The first-order valence-corrected chi connectivity index (χ1v) is 7.89. The Hall–Kier alpha value is -0.160. The van der Waals surface area contributed by atoms with Crippen LogP contribution in [0.4, 0.5) is 0 Å². The molecular formula is C15H34N4. The summed E-state index contributed by atoms with van der Waals surface area (Å²) in [7, 11) is 6.53. The van der Waals surface area contributed by atoms with E-state index >= 15 is 0 Å². The van der Waals surface area contributed by atoms with Crippen molar-refractivity contribution in [2.45, 2.75) is 26.2 Å². The molecule has 0 aromatic carbocycles. The maximum atomic E-state index is 2.63. The van der Waals surface area contributed by atoms with E-state index in [1.807, 2.05) is 0 Å². The summed E-state index contributed by atoms with van der Waals surface area (Å²) in [5, 5.41) is 0. The summed E-state index contributed by atoms with van der Waals surface area (Å²) >= 11 is 0. The topological polar surface area (TPSA) is 13.0 Å². The molecule has 0 aliphatic carbocycles. The number of hydrogen-bond acceptors (Lipinski definition) is 4. The van der Waals surface area contributed by atoms with Gasteiger partial charge in [0.15, 0.2) is 0 Å². The molecule has 0 aromatic heterocycles. The quantitative estimate of drug-likeness (QED) is 0.625. The maximum Gasteiger partial charge on any atom is 0.0506 e. The molecule has 0 aromatic rings. The fourth-order valence-electron chi connectivity index (χ4n) is 2.64. The molecule has 0 unspecified atom stereocenters. The van der Waals surface area contributed by atoms with Crippen molar-refractivity contribution in [1.29, 1.82) is 0 Å². The number of hydrogen-bond donors (Lipinski definition) is 0. The monoisotopic (exact) mass is 270 g/mol. The third-order valence-corrected chi connectivity index (χ3v) is 3.98. The average Bonchev–Trinajstić information content (AvgIpc) is 2.38. The molecule has 0 atom stereocenters. The van der Waals surface area contributed by atoms with Crippen LogP contribution < -0.4 is 0 Å². The van der Waals surface area contributed by atoms with E-state index in [0.717, 1.165) is 6.54 Å². The zero-order chi connectivity index (χ0) is 14.1. The SMILES string of the molecule is CCN(C)CCCN1CCCN(CCCN(C)C)C1. The van der Waals surface area contributed by atoms with Crippen LogP contribution in [-0.4, -0.2) is 93.2 Å². The number of nitrogens with zero attached hydrogens (tertiary/aromatic N) is 4. The third kappa shape index (κ3) is 7.88. The molecule has 0 amide bonds. The van der Waals surface area contributed by atoms with Crippen molar-refractivity contribution in [1.82, 2.24) is 19.6 Å². The van der Waals surface area contributed by atoms with Crippen LogP contribution in [-0.2, 0) is 0 Å². The Morgan fingerprint density at radius 1 is 0.895 bits per heavy atom. The van der Waals surface area contributed by atoms with Crippen LogP contribution in [0.2, 0.25) is 0 Å². The van der Waals surface area contributed by atoms with E-state index in [1.54, 1.807) is 0 Å². The summed E-state index contributed by atoms with van der Waals surface area (Å²) < 4.78 is 0. The fourth-order valence-corrected chi connectivity index (χ4v) is 2.64. The van der Waals surface area contributed by atoms with Gasteiger partial charge in [-0.15, -0.1) is 0 Å². The van der Waals surface area contributed by atoms with Crippen LogP contribution in [0.15, 0.2) is 0 Å². The Bertz CT molecular complexity index is 220.